The fourth-order valence-electron chi connectivity index (χ4n) is 3.41. The summed E-state index contributed by atoms with van der Waals surface area (Å²) in [5.41, 5.74) is 1.57. The Hall–Kier alpha value is -2.74. The highest BCUT2D eigenvalue weighted by Crippen LogP contribution is 2.33. The second-order valence-corrected chi connectivity index (χ2v) is 7.78. The molecule has 0 spiro atoms. The molecule has 1 saturated heterocycles. The molecule has 8 nitrogen and oxygen atoms in total. The number of hydrogen-bond donors (Lipinski definition) is 0. The number of morpholine rings is 1. The van der Waals surface area contributed by atoms with E-state index in [0.717, 1.165) is 11.1 Å². The molecule has 0 aromatic carbocycles. The first-order chi connectivity index (χ1) is 12.9. The molecule has 2 aromatic heterocycles. The van der Waals surface area contributed by atoms with E-state index in [9.17, 15) is 4.79 Å². The van der Waals surface area contributed by atoms with Gasteiger partial charge in [0.25, 0.3) is 0 Å². The fraction of sp³-hybridized carbons (Fsp3) is 0.474. The molecular formula is C19H23N5O3. The molecule has 0 radical (unpaired) electrons. The van der Waals surface area contributed by atoms with E-state index in [4.69, 9.17) is 9.47 Å². The van der Waals surface area contributed by atoms with Gasteiger partial charge in [-0.3, -0.25) is 9.47 Å². The van der Waals surface area contributed by atoms with Crippen LogP contribution in [0.2, 0.25) is 0 Å². The number of amides is 1. The lowest BCUT2D eigenvalue weighted by Crippen LogP contribution is -2.57. The summed E-state index contributed by atoms with van der Waals surface area (Å²) >= 11 is 0. The van der Waals surface area contributed by atoms with Crippen LogP contribution in [0, 0.1) is 0 Å². The largest absolute Gasteiger partial charge is 0.444 e. The SMILES string of the molecule is CC(C)(C)OC(=O)N1C2C=C(c3cnc(-n4ccnc4)nc3)CC1COC2. The van der Waals surface area contributed by atoms with Gasteiger partial charge in [0, 0.05) is 30.4 Å². The number of aromatic nitrogens is 4. The Bertz CT molecular complexity index is 839. The van der Waals surface area contributed by atoms with Crippen molar-refractivity contribution in [1.82, 2.24) is 24.4 Å². The van der Waals surface area contributed by atoms with Gasteiger partial charge < -0.3 is 9.47 Å². The molecule has 2 atom stereocenters. The Morgan fingerprint density at radius 1 is 1.26 bits per heavy atom. The zero-order valence-electron chi connectivity index (χ0n) is 15.7. The third-order valence-corrected chi connectivity index (χ3v) is 4.55. The van der Waals surface area contributed by atoms with Crippen molar-refractivity contribution in [2.45, 2.75) is 44.9 Å². The van der Waals surface area contributed by atoms with Gasteiger partial charge in [-0.25, -0.2) is 19.7 Å². The molecule has 27 heavy (non-hydrogen) atoms. The summed E-state index contributed by atoms with van der Waals surface area (Å²) in [5.74, 6) is 0.576. The average Bonchev–Trinajstić information content (AvgIpc) is 3.14. The number of rotatable bonds is 2. The van der Waals surface area contributed by atoms with Gasteiger partial charge in [0.1, 0.15) is 11.9 Å². The van der Waals surface area contributed by atoms with E-state index in [0.29, 0.717) is 25.6 Å². The van der Waals surface area contributed by atoms with Gasteiger partial charge in [-0.1, -0.05) is 6.08 Å². The zero-order valence-corrected chi connectivity index (χ0v) is 15.7. The van der Waals surface area contributed by atoms with Crippen molar-refractivity contribution in [1.29, 1.82) is 0 Å². The van der Waals surface area contributed by atoms with Crippen molar-refractivity contribution >= 4 is 11.7 Å². The maximum atomic E-state index is 12.6. The van der Waals surface area contributed by atoms with Crippen LogP contribution in [0.5, 0.6) is 0 Å². The lowest BCUT2D eigenvalue weighted by Gasteiger charge is -2.44. The van der Waals surface area contributed by atoms with E-state index in [-0.39, 0.29) is 18.2 Å². The van der Waals surface area contributed by atoms with Crippen LogP contribution in [-0.4, -0.2) is 61.4 Å². The topological polar surface area (TPSA) is 82.4 Å². The highest BCUT2D eigenvalue weighted by atomic mass is 16.6. The smallest absolute Gasteiger partial charge is 0.411 e. The molecular weight excluding hydrogens is 346 g/mol. The third kappa shape index (κ3) is 3.71. The number of carbonyl (C=O) groups excluding carboxylic acids is 1. The number of fused-ring (bicyclic) bond motifs is 2. The van der Waals surface area contributed by atoms with Gasteiger partial charge in [-0.15, -0.1) is 0 Å². The Morgan fingerprint density at radius 2 is 2.04 bits per heavy atom. The van der Waals surface area contributed by atoms with E-state index in [2.05, 4.69) is 21.0 Å². The standard InChI is InChI=1S/C19H23N5O3/c1-19(2,3)27-18(25)24-15-6-13(7-16(24)11-26-10-15)14-8-21-17(22-9-14)23-5-4-20-12-23/h4-6,8-9,12,15-16H,7,10-11H2,1-3H3. The molecule has 0 saturated carbocycles. The summed E-state index contributed by atoms with van der Waals surface area (Å²) in [6.07, 6.45) is 11.2. The molecule has 2 bridgehead atoms. The molecule has 2 aromatic rings. The lowest BCUT2D eigenvalue weighted by atomic mass is 9.91. The molecule has 1 fully saturated rings. The lowest BCUT2D eigenvalue weighted by molar-refractivity contribution is -0.0510. The van der Waals surface area contributed by atoms with Crippen molar-refractivity contribution < 1.29 is 14.3 Å². The van der Waals surface area contributed by atoms with Crippen LogP contribution in [0.25, 0.3) is 11.5 Å². The molecule has 0 N–H and O–H groups in total. The predicted octanol–water partition coefficient (Wildman–Crippen LogP) is 2.45. The average molecular weight is 369 g/mol. The van der Waals surface area contributed by atoms with Gasteiger partial charge in [0.2, 0.25) is 5.95 Å². The third-order valence-electron chi connectivity index (χ3n) is 4.55. The molecule has 142 valence electrons. The van der Waals surface area contributed by atoms with E-state index < -0.39 is 5.60 Å². The normalized spacial score (nSPS) is 22.3. The molecule has 2 unspecified atom stereocenters. The van der Waals surface area contributed by atoms with Crippen molar-refractivity contribution in [2.24, 2.45) is 0 Å². The van der Waals surface area contributed by atoms with E-state index in [1.54, 1.807) is 28.2 Å². The Kier molecular flexibility index (Phi) is 4.43. The van der Waals surface area contributed by atoms with Crippen LogP contribution in [-0.2, 0) is 9.47 Å². The Labute approximate surface area is 157 Å². The highest BCUT2D eigenvalue weighted by molar-refractivity contribution is 5.74. The van der Waals surface area contributed by atoms with Crippen LogP contribution < -0.4 is 0 Å². The number of hydrogen-bond acceptors (Lipinski definition) is 6. The number of carbonyl (C=O) groups is 1. The van der Waals surface area contributed by atoms with Gasteiger partial charge in [-0.05, 0) is 32.8 Å². The summed E-state index contributed by atoms with van der Waals surface area (Å²) < 4.78 is 13.0. The van der Waals surface area contributed by atoms with Gasteiger partial charge in [0.15, 0.2) is 0 Å². The molecule has 2 aliphatic rings. The van der Waals surface area contributed by atoms with Gasteiger partial charge in [0.05, 0.1) is 25.3 Å². The van der Waals surface area contributed by atoms with Crippen LogP contribution in [0.1, 0.15) is 32.8 Å². The molecule has 2 aliphatic heterocycles. The van der Waals surface area contributed by atoms with Crippen molar-refractivity contribution in [3.63, 3.8) is 0 Å². The first kappa shape index (κ1) is 17.7. The quantitative estimate of drug-likeness (QED) is 0.809. The number of nitrogens with zero attached hydrogens (tertiary/aromatic N) is 5. The molecule has 4 heterocycles. The van der Waals surface area contributed by atoms with Gasteiger partial charge >= 0.3 is 6.09 Å². The Balaban J connectivity index is 1.56. The van der Waals surface area contributed by atoms with Crippen LogP contribution in [0.15, 0.2) is 37.2 Å². The maximum Gasteiger partial charge on any atom is 0.411 e. The van der Waals surface area contributed by atoms with Crippen molar-refractivity contribution in [2.75, 3.05) is 13.2 Å². The first-order valence-corrected chi connectivity index (χ1v) is 9.01. The van der Waals surface area contributed by atoms with Crippen LogP contribution in [0.3, 0.4) is 0 Å². The minimum Gasteiger partial charge on any atom is -0.444 e. The zero-order chi connectivity index (χ0) is 19.0. The summed E-state index contributed by atoms with van der Waals surface area (Å²) in [6.45, 7) is 6.60. The van der Waals surface area contributed by atoms with E-state index >= 15 is 0 Å². The number of ether oxygens (including phenoxy) is 2. The van der Waals surface area contributed by atoms with Crippen LogP contribution in [0.4, 0.5) is 4.79 Å². The molecule has 4 rings (SSSR count). The minimum atomic E-state index is -0.521. The van der Waals surface area contributed by atoms with Gasteiger partial charge in [-0.2, -0.15) is 0 Å². The maximum absolute atomic E-state index is 12.6. The second kappa shape index (κ2) is 6.77. The fourth-order valence-corrected chi connectivity index (χ4v) is 3.41. The molecule has 1 amide bonds. The molecule has 0 aliphatic carbocycles. The summed E-state index contributed by atoms with van der Waals surface area (Å²) in [5, 5.41) is 0. The van der Waals surface area contributed by atoms with E-state index in [1.807, 2.05) is 33.2 Å². The predicted molar refractivity (Wildman–Crippen MR) is 98.2 cm³/mol. The summed E-state index contributed by atoms with van der Waals surface area (Å²) in [6, 6.07) is -0.192. The van der Waals surface area contributed by atoms with E-state index in [1.165, 1.54) is 0 Å². The monoisotopic (exact) mass is 369 g/mol. The second-order valence-electron chi connectivity index (χ2n) is 7.78. The summed E-state index contributed by atoms with van der Waals surface area (Å²) in [4.78, 5) is 27.3. The highest BCUT2D eigenvalue weighted by Gasteiger charge is 2.40. The number of imidazole rings is 1. The molecule has 8 heteroatoms. The minimum absolute atomic E-state index is 0.0491. The summed E-state index contributed by atoms with van der Waals surface area (Å²) in [7, 11) is 0. The van der Waals surface area contributed by atoms with Crippen LogP contribution >= 0.6 is 0 Å². The van der Waals surface area contributed by atoms with Crippen molar-refractivity contribution in [3.8, 4) is 5.95 Å². The Morgan fingerprint density at radius 3 is 2.67 bits per heavy atom. The first-order valence-electron chi connectivity index (χ1n) is 9.01. The van der Waals surface area contributed by atoms with Crippen molar-refractivity contribution in [3.05, 3.63) is 42.8 Å².